The Hall–Kier alpha value is -3.22. The molecule has 1 fully saturated rings. The van der Waals surface area contributed by atoms with Gasteiger partial charge in [-0.1, -0.05) is 12.1 Å². The largest absolute Gasteiger partial charge is 0.497 e. The molecule has 0 unspecified atom stereocenters. The zero-order chi connectivity index (χ0) is 22.7. The van der Waals surface area contributed by atoms with Gasteiger partial charge >= 0.3 is 0 Å². The van der Waals surface area contributed by atoms with Gasteiger partial charge in [-0.15, -0.1) is 0 Å². The second kappa shape index (κ2) is 9.51. The molecule has 1 saturated carbocycles. The summed E-state index contributed by atoms with van der Waals surface area (Å²) in [6, 6.07) is 14.1. The lowest BCUT2D eigenvalue weighted by atomic mass is 9.85. The van der Waals surface area contributed by atoms with Gasteiger partial charge in [-0.3, -0.25) is 4.79 Å². The minimum Gasteiger partial charge on any atom is -0.497 e. The summed E-state index contributed by atoms with van der Waals surface area (Å²) in [5.41, 5.74) is 9.21. The van der Waals surface area contributed by atoms with Crippen molar-refractivity contribution < 1.29 is 14.3 Å². The summed E-state index contributed by atoms with van der Waals surface area (Å²) in [5, 5.41) is 3.04. The minimum absolute atomic E-state index is 0.0769. The zero-order valence-electron chi connectivity index (χ0n) is 19.0. The fraction of sp³-hybridized carbons (Fsp3) is 0.440. The quantitative estimate of drug-likeness (QED) is 0.570. The number of rotatable bonds is 7. The van der Waals surface area contributed by atoms with Crippen molar-refractivity contribution in [1.82, 2.24) is 14.9 Å². The standard InChI is InChI=1S/C25H32N4O3/c1-16(2)27-24(30)18-6-8-19(9-7-18)29-23-14-21(12-13-22(23)28-25(29)26)32-15-17-4-10-20(31-3)11-5-17/h4-5,10-14,16,18-19H,6-9,15H2,1-3H3,(H2,26,28)(H,27,30). The number of carbonyl (C=O) groups is 1. The molecule has 7 nitrogen and oxygen atoms in total. The number of imidazole rings is 1. The summed E-state index contributed by atoms with van der Waals surface area (Å²) in [7, 11) is 1.66. The predicted octanol–water partition coefficient (Wildman–Crippen LogP) is 4.46. The molecule has 1 aromatic heterocycles. The van der Waals surface area contributed by atoms with Crippen LogP contribution in [0.2, 0.25) is 0 Å². The number of nitrogen functional groups attached to an aromatic ring is 1. The lowest BCUT2D eigenvalue weighted by Gasteiger charge is -2.30. The summed E-state index contributed by atoms with van der Waals surface area (Å²) >= 11 is 0. The van der Waals surface area contributed by atoms with Crippen molar-refractivity contribution in [2.75, 3.05) is 12.8 Å². The molecule has 1 aliphatic carbocycles. The van der Waals surface area contributed by atoms with Gasteiger partial charge in [0.1, 0.15) is 18.1 Å². The average molecular weight is 437 g/mol. The highest BCUT2D eigenvalue weighted by Gasteiger charge is 2.29. The highest BCUT2D eigenvalue weighted by molar-refractivity contribution is 5.80. The molecule has 3 N–H and O–H groups in total. The third-order valence-corrected chi connectivity index (χ3v) is 6.12. The lowest BCUT2D eigenvalue weighted by molar-refractivity contribution is -0.126. The highest BCUT2D eigenvalue weighted by atomic mass is 16.5. The SMILES string of the molecule is COc1ccc(COc2ccc3nc(N)n(C4CCC(C(=O)NC(C)C)CC4)c3c2)cc1. The first-order valence-corrected chi connectivity index (χ1v) is 11.3. The molecule has 0 aliphatic heterocycles. The molecule has 0 atom stereocenters. The second-order valence-electron chi connectivity index (χ2n) is 8.80. The van der Waals surface area contributed by atoms with Crippen molar-refractivity contribution in [2.45, 2.75) is 58.2 Å². The van der Waals surface area contributed by atoms with E-state index in [1.165, 1.54) is 0 Å². The number of nitrogens with one attached hydrogen (secondary N) is 1. The number of methoxy groups -OCH3 is 1. The number of hydrogen-bond acceptors (Lipinski definition) is 5. The molecule has 0 radical (unpaired) electrons. The number of fused-ring (bicyclic) bond motifs is 1. The molecule has 0 spiro atoms. The van der Waals surface area contributed by atoms with Crippen LogP contribution in [-0.4, -0.2) is 28.6 Å². The Bertz CT molecular complexity index is 1070. The second-order valence-corrected chi connectivity index (χ2v) is 8.80. The maximum absolute atomic E-state index is 12.4. The van der Waals surface area contributed by atoms with E-state index in [1.807, 2.05) is 56.3 Å². The Morgan fingerprint density at radius 2 is 1.81 bits per heavy atom. The van der Waals surface area contributed by atoms with Crippen LogP contribution in [0.5, 0.6) is 11.5 Å². The van der Waals surface area contributed by atoms with E-state index >= 15 is 0 Å². The van der Waals surface area contributed by atoms with Crippen LogP contribution < -0.4 is 20.5 Å². The highest BCUT2D eigenvalue weighted by Crippen LogP contribution is 2.37. The third-order valence-electron chi connectivity index (χ3n) is 6.12. The van der Waals surface area contributed by atoms with Gasteiger partial charge in [0.15, 0.2) is 0 Å². The van der Waals surface area contributed by atoms with Crippen LogP contribution in [0.15, 0.2) is 42.5 Å². The number of hydrogen-bond donors (Lipinski definition) is 2. The van der Waals surface area contributed by atoms with E-state index in [0.29, 0.717) is 12.6 Å². The van der Waals surface area contributed by atoms with E-state index in [4.69, 9.17) is 15.2 Å². The fourth-order valence-electron chi connectivity index (χ4n) is 4.45. The van der Waals surface area contributed by atoms with Crippen molar-refractivity contribution in [3.05, 3.63) is 48.0 Å². The molecule has 3 aromatic rings. The van der Waals surface area contributed by atoms with Crippen molar-refractivity contribution in [3.63, 3.8) is 0 Å². The normalized spacial score (nSPS) is 18.6. The molecule has 4 rings (SSSR count). The van der Waals surface area contributed by atoms with Crippen LogP contribution in [-0.2, 0) is 11.4 Å². The number of nitrogens with zero attached hydrogens (tertiary/aromatic N) is 2. The number of aromatic nitrogens is 2. The number of anilines is 1. The molecule has 0 bridgehead atoms. The molecular weight excluding hydrogens is 404 g/mol. The van der Waals surface area contributed by atoms with Gasteiger partial charge < -0.3 is 25.1 Å². The first-order chi connectivity index (χ1) is 15.4. The van der Waals surface area contributed by atoms with Gasteiger partial charge in [0.25, 0.3) is 0 Å². The monoisotopic (exact) mass is 436 g/mol. The van der Waals surface area contributed by atoms with Crippen molar-refractivity contribution in [3.8, 4) is 11.5 Å². The number of nitrogens with two attached hydrogens (primary N) is 1. The molecule has 7 heteroatoms. The Morgan fingerprint density at radius 1 is 1.12 bits per heavy atom. The summed E-state index contributed by atoms with van der Waals surface area (Å²) < 4.78 is 13.4. The van der Waals surface area contributed by atoms with Gasteiger partial charge in [0, 0.05) is 24.1 Å². The Labute approximate surface area is 188 Å². The van der Waals surface area contributed by atoms with Crippen LogP contribution in [0.3, 0.4) is 0 Å². The fourth-order valence-corrected chi connectivity index (χ4v) is 4.45. The van der Waals surface area contributed by atoms with Crippen LogP contribution in [0.4, 0.5) is 5.95 Å². The lowest BCUT2D eigenvalue weighted by Crippen LogP contribution is -2.37. The van der Waals surface area contributed by atoms with Gasteiger partial charge in [-0.05, 0) is 69.4 Å². The number of ether oxygens (including phenoxy) is 2. The van der Waals surface area contributed by atoms with Crippen LogP contribution >= 0.6 is 0 Å². The first kappa shape index (κ1) is 22.0. The van der Waals surface area contributed by atoms with Gasteiger partial charge in [0.2, 0.25) is 11.9 Å². The van der Waals surface area contributed by atoms with Crippen LogP contribution in [0.25, 0.3) is 11.0 Å². The maximum atomic E-state index is 12.4. The van der Waals surface area contributed by atoms with Crippen molar-refractivity contribution >= 4 is 22.9 Å². The number of carbonyl (C=O) groups excluding carboxylic acids is 1. The Kier molecular flexibility index (Phi) is 6.53. The van der Waals surface area contributed by atoms with E-state index in [9.17, 15) is 4.79 Å². The van der Waals surface area contributed by atoms with E-state index < -0.39 is 0 Å². The van der Waals surface area contributed by atoms with Crippen molar-refractivity contribution in [1.29, 1.82) is 0 Å². The maximum Gasteiger partial charge on any atom is 0.223 e. The molecule has 0 saturated heterocycles. The first-order valence-electron chi connectivity index (χ1n) is 11.3. The van der Waals surface area contributed by atoms with Crippen molar-refractivity contribution in [2.24, 2.45) is 5.92 Å². The number of amides is 1. The molecule has 32 heavy (non-hydrogen) atoms. The minimum atomic E-state index is 0.0769. The summed E-state index contributed by atoms with van der Waals surface area (Å²) in [4.78, 5) is 16.9. The molecule has 170 valence electrons. The summed E-state index contributed by atoms with van der Waals surface area (Å²) in [6.07, 6.45) is 3.53. The average Bonchev–Trinajstić information content (AvgIpc) is 3.12. The van der Waals surface area contributed by atoms with E-state index in [0.717, 1.165) is 53.8 Å². The molecule has 1 heterocycles. The van der Waals surface area contributed by atoms with Gasteiger partial charge in [-0.25, -0.2) is 4.98 Å². The van der Waals surface area contributed by atoms with Gasteiger partial charge in [-0.2, -0.15) is 0 Å². The van der Waals surface area contributed by atoms with Crippen LogP contribution in [0.1, 0.15) is 51.1 Å². The topological polar surface area (TPSA) is 91.4 Å². The van der Waals surface area contributed by atoms with E-state index in [1.54, 1.807) is 7.11 Å². The predicted molar refractivity (Wildman–Crippen MR) is 126 cm³/mol. The Balaban J connectivity index is 1.46. The molecular formula is C25H32N4O3. The Morgan fingerprint density at radius 3 is 2.47 bits per heavy atom. The van der Waals surface area contributed by atoms with Crippen LogP contribution in [0, 0.1) is 5.92 Å². The van der Waals surface area contributed by atoms with E-state index in [2.05, 4.69) is 14.9 Å². The molecule has 1 aliphatic rings. The third kappa shape index (κ3) is 4.82. The molecule has 1 amide bonds. The van der Waals surface area contributed by atoms with Gasteiger partial charge in [0.05, 0.1) is 18.1 Å². The number of benzene rings is 2. The molecule has 2 aromatic carbocycles. The van der Waals surface area contributed by atoms with E-state index in [-0.39, 0.29) is 23.9 Å². The summed E-state index contributed by atoms with van der Waals surface area (Å²) in [6.45, 7) is 4.46. The zero-order valence-corrected chi connectivity index (χ0v) is 19.0. The smallest absolute Gasteiger partial charge is 0.223 e. The summed E-state index contributed by atoms with van der Waals surface area (Å²) in [5.74, 6) is 2.36.